The van der Waals surface area contributed by atoms with Gasteiger partial charge in [0.1, 0.15) is 6.10 Å². The minimum atomic E-state index is -0.100. The normalized spacial score (nSPS) is 21.5. The summed E-state index contributed by atoms with van der Waals surface area (Å²) < 4.78 is 18.5. The smallest absolute Gasteiger partial charge is 0.177 e. The molecule has 0 spiro atoms. The summed E-state index contributed by atoms with van der Waals surface area (Å²) in [7, 11) is 1.88. The van der Waals surface area contributed by atoms with Crippen LogP contribution in [0.15, 0.2) is 6.07 Å². The summed E-state index contributed by atoms with van der Waals surface area (Å²) in [4.78, 5) is 1.05. The maximum atomic E-state index is 12.9. The van der Waals surface area contributed by atoms with Gasteiger partial charge in [-0.2, -0.15) is 4.39 Å². The molecular weight excluding hydrogens is 189 g/mol. The van der Waals surface area contributed by atoms with Crippen LogP contribution in [0.2, 0.25) is 0 Å². The average Bonchev–Trinajstić information content (AvgIpc) is 2.47. The Bertz CT molecular complexity index is 300. The second-order valence-electron chi connectivity index (χ2n) is 3.11. The van der Waals surface area contributed by atoms with E-state index in [1.165, 1.54) is 11.3 Å². The van der Waals surface area contributed by atoms with E-state index >= 15 is 0 Å². The lowest BCUT2D eigenvalue weighted by molar-refractivity contribution is 0.0469. The number of fused-ring (bicyclic) bond motifs is 1. The van der Waals surface area contributed by atoms with Gasteiger partial charge in [-0.15, -0.1) is 11.3 Å². The molecule has 0 aromatic carbocycles. The molecule has 1 aromatic rings. The summed E-state index contributed by atoms with van der Waals surface area (Å²) in [5.41, 5.74) is 1.12. The second-order valence-corrected chi connectivity index (χ2v) is 4.14. The molecule has 13 heavy (non-hydrogen) atoms. The zero-order chi connectivity index (χ0) is 9.26. The van der Waals surface area contributed by atoms with Crippen LogP contribution in [0.3, 0.4) is 0 Å². The molecular formula is C9H12FNOS. The van der Waals surface area contributed by atoms with Crippen molar-refractivity contribution in [1.29, 1.82) is 0 Å². The third kappa shape index (κ3) is 1.75. The molecule has 4 heteroatoms. The summed E-state index contributed by atoms with van der Waals surface area (Å²) in [5.74, 6) is 0. The van der Waals surface area contributed by atoms with E-state index in [9.17, 15) is 4.39 Å². The molecule has 1 aliphatic heterocycles. The molecule has 0 radical (unpaired) electrons. The molecule has 2 heterocycles. The summed E-state index contributed by atoms with van der Waals surface area (Å²) in [6, 6.07) is 1.63. The Morgan fingerprint density at radius 3 is 3.38 bits per heavy atom. The Hall–Kier alpha value is -0.450. The first kappa shape index (κ1) is 9.12. The highest BCUT2D eigenvalue weighted by Gasteiger charge is 2.23. The van der Waals surface area contributed by atoms with Crippen LogP contribution < -0.4 is 5.32 Å². The van der Waals surface area contributed by atoms with Gasteiger partial charge in [0.25, 0.3) is 0 Å². The molecule has 0 saturated carbocycles. The van der Waals surface area contributed by atoms with E-state index in [4.69, 9.17) is 4.74 Å². The SMILES string of the molecule is CNCC1OCCc2cc(F)sc21. The number of nitrogens with one attached hydrogen (secondary N) is 1. The number of hydrogen-bond donors (Lipinski definition) is 1. The molecule has 0 amide bonds. The van der Waals surface area contributed by atoms with E-state index in [0.717, 1.165) is 23.4 Å². The van der Waals surface area contributed by atoms with Crippen LogP contribution in [0.4, 0.5) is 4.39 Å². The van der Waals surface area contributed by atoms with Crippen molar-refractivity contribution in [2.24, 2.45) is 0 Å². The third-order valence-corrected chi connectivity index (χ3v) is 3.24. The number of ether oxygens (including phenoxy) is 1. The predicted molar refractivity (Wildman–Crippen MR) is 50.6 cm³/mol. The van der Waals surface area contributed by atoms with Crippen molar-refractivity contribution in [2.75, 3.05) is 20.2 Å². The van der Waals surface area contributed by atoms with E-state index in [0.29, 0.717) is 6.61 Å². The van der Waals surface area contributed by atoms with Gasteiger partial charge in [0.2, 0.25) is 0 Å². The highest BCUT2D eigenvalue weighted by Crippen LogP contribution is 2.33. The number of halogens is 1. The molecule has 72 valence electrons. The first-order chi connectivity index (χ1) is 6.31. The molecule has 1 aromatic heterocycles. The lowest BCUT2D eigenvalue weighted by Gasteiger charge is -2.22. The standard InChI is InChI=1S/C9H12FNOS/c1-11-5-7-9-6(2-3-12-7)4-8(10)13-9/h4,7,11H,2-3,5H2,1H3. The molecule has 1 unspecified atom stereocenters. The highest BCUT2D eigenvalue weighted by molar-refractivity contribution is 7.10. The highest BCUT2D eigenvalue weighted by atomic mass is 32.1. The Balaban J connectivity index is 2.25. The van der Waals surface area contributed by atoms with Crippen LogP contribution in [0.5, 0.6) is 0 Å². The fourth-order valence-corrected chi connectivity index (χ4v) is 2.59. The van der Waals surface area contributed by atoms with Crippen LogP contribution in [0, 0.1) is 5.13 Å². The van der Waals surface area contributed by atoms with Crippen LogP contribution in [0.25, 0.3) is 0 Å². The molecule has 0 aliphatic carbocycles. The van der Waals surface area contributed by atoms with Crippen LogP contribution >= 0.6 is 11.3 Å². The van der Waals surface area contributed by atoms with Crippen LogP contribution in [-0.2, 0) is 11.2 Å². The first-order valence-corrected chi connectivity index (χ1v) is 5.17. The van der Waals surface area contributed by atoms with Gasteiger partial charge in [-0.3, -0.25) is 0 Å². The summed E-state index contributed by atoms with van der Waals surface area (Å²) in [6.45, 7) is 1.46. The lowest BCUT2D eigenvalue weighted by Crippen LogP contribution is -2.23. The zero-order valence-electron chi connectivity index (χ0n) is 7.47. The Labute approximate surface area is 80.7 Å². The third-order valence-electron chi connectivity index (χ3n) is 2.18. The Morgan fingerprint density at radius 1 is 1.77 bits per heavy atom. The molecule has 0 saturated heterocycles. The van der Waals surface area contributed by atoms with Crippen molar-refractivity contribution < 1.29 is 9.13 Å². The average molecular weight is 201 g/mol. The molecule has 2 rings (SSSR count). The largest absolute Gasteiger partial charge is 0.371 e. The topological polar surface area (TPSA) is 21.3 Å². The monoisotopic (exact) mass is 201 g/mol. The quantitative estimate of drug-likeness (QED) is 0.786. The van der Waals surface area contributed by atoms with Crippen molar-refractivity contribution >= 4 is 11.3 Å². The van der Waals surface area contributed by atoms with Crippen LogP contribution in [0.1, 0.15) is 16.5 Å². The van der Waals surface area contributed by atoms with Gasteiger partial charge < -0.3 is 10.1 Å². The molecule has 1 N–H and O–H groups in total. The van der Waals surface area contributed by atoms with Crippen molar-refractivity contribution in [2.45, 2.75) is 12.5 Å². The number of likely N-dealkylation sites (N-methyl/N-ethyl adjacent to an activating group) is 1. The number of thiophene rings is 1. The van der Waals surface area contributed by atoms with Crippen LogP contribution in [-0.4, -0.2) is 20.2 Å². The van der Waals surface area contributed by atoms with Gasteiger partial charge in [0.05, 0.1) is 6.61 Å². The van der Waals surface area contributed by atoms with Gasteiger partial charge in [0.15, 0.2) is 5.13 Å². The minimum absolute atomic E-state index is 0.0447. The van der Waals surface area contributed by atoms with Crippen molar-refractivity contribution in [3.05, 3.63) is 21.6 Å². The van der Waals surface area contributed by atoms with E-state index in [1.807, 2.05) is 7.05 Å². The molecule has 1 aliphatic rings. The summed E-state index contributed by atoms with van der Waals surface area (Å²) in [5, 5.41) is 2.95. The predicted octanol–water partition coefficient (Wildman–Crippen LogP) is 1.72. The Kier molecular flexibility index (Phi) is 2.62. The molecule has 1 atom stereocenters. The Morgan fingerprint density at radius 2 is 2.62 bits per heavy atom. The van der Waals surface area contributed by atoms with Gasteiger partial charge in [0, 0.05) is 11.4 Å². The second kappa shape index (κ2) is 3.74. The molecule has 0 bridgehead atoms. The van der Waals surface area contributed by atoms with Crippen molar-refractivity contribution in [3.8, 4) is 0 Å². The first-order valence-electron chi connectivity index (χ1n) is 4.35. The summed E-state index contributed by atoms with van der Waals surface area (Å²) >= 11 is 1.21. The minimum Gasteiger partial charge on any atom is -0.371 e. The molecule has 0 fully saturated rings. The fourth-order valence-electron chi connectivity index (χ4n) is 1.60. The summed E-state index contributed by atoms with van der Waals surface area (Å²) in [6.07, 6.45) is 0.888. The van der Waals surface area contributed by atoms with Gasteiger partial charge in [-0.1, -0.05) is 0 Å². The van der Waals surface area contributed by atoms with E-state index in [1.54, 1.807) is 6.07 Å². The van der Waals surface area contributed by atoms with Gasteiger partial charge in [-0.25, -0.2) is 0 Å². The fraction of sp³-hybridized carbons (Fsp3) is 0.556. The number of hydrogen-bond acceptors (Lipinski definition) is 3. The van der Waals surface area contributed by atoms with Gasteiger partial charge >= 0.3 is 0 Å². The van der Waals surface area contributed by atoms with E-state index in [-0.39, 0.29) is 11.2 Å². The maximum absolute atomic E-state index is 12.9. The number of rotatable bonds is 2. The zero-order valence-corrected chi connectivity index (χ0v) is 8.29. The van der Waals surface area contributed by atoms with Crippen molar-refractivity contribution in [3.63, 3.8) is 0 Å². The van der Waals surface area contributed by atoms with E-state index < -0.39 is 0 Å². The van der Waals surface area contributed by atoms with Crippen molar-refractivity contribution in [1.82, 2.24) is 5.32 Å². The van der Waals surface area contributed by atoms with Gasteiger partial charge in [-0.05, 0) is 25.1 Å². The lowest BCUT2D eigenvalue weighted by atomic mass is 10.1. The van der Waals surface area contributed by atoms with E-state index in [2.05, 4.69) is 5.32 Å². The maximum Gasteiger partial charge on any atom is 0.177 e. The molecule has 2 nitrogen and oxygen atoms in total.